The molecule has 1 atom stereocenters. The van der Waals surface area contributed by atoms with Crippen molar-refractivity contribution in [3.8, 4) is 0 Å². The zero-order valence-electron chi connectivity index (χ0n) is 9.12. The third kappa shape index (κ3) is 4.07. The molecular formula is C10H21N3O. The van der Waals surface area contributed by atoms with Crippen molar-refractivity contribution in [3.63, 3.8) is 0 Å². The first kappa shape index (κ1) is 11.5. The summed E-state index contributed by atoms with van der Waals surface area (Å²) >= 11 is 0. The van der Waals surface area contributed by atoms with Crippen LogP contribution < -0.4 is 11.1 Å². The molecule has 0 bridgehead atoms. The molecule has 0 aromatic rings. The molecule has 0 unspecified atom stereocenters. The summed E-state index contributed by atoms with van der Waals surface area (Å²) in [6.07, 6.45) is 1.65. The van der Waals surface area contributed by atoms with Gasteiger partial charge in [-0.2, -0.15) is 0 Å². The van der Waals surface area contributed by atoms with Gasteiger partial charge < -0.3 is 16.0 Å². The minimum absolute atomic E-state index is 0.139. The van der Waals surface area contributed by atoms with Crippen molar-refractivity contribution in [2.45, 2.75) is 38.8 Å². The van der Waals surface area contributed by atoms with Crippen molar-refractivity contribution in [2.24, 2.45) is 5.73 Å². The van der Waals surface area contributed by atoms with Gasteiger partial charge >= 0.3 is 0 Å². The summed E-state index contributed by atoms with van der Waals surface area (Å²) in [4.78, 5) is 13.6. The highest BCUT2D eigenvalue weighted by molar-refractivity contribution is 5.76. The van der Waals surface area contributed by atoms with Gasteiger partial charge in [-0.3, -0.25) is 4.79 Å². The Hall–Kier alpha value is -0.610. The number of carbonyl (C=O) groups excluding carboxylic acids is 1. The van der Waals surface area contributed by atoms with E-state index in [1.165, 1.54) is 0 Å². The first-order valence-corrected chi connectivity index (χ1v) is 5.35. The number of rotatable bonds is 4. The average Bonchev–Trinajstić information content (AvgIpc) is 2.47. The van der Waals surface area contributed by atoms with Crippen LogP contribution in [0.3, 0.4) is 0 Å². The molecule has 1 aliphatic heterocycles. The second-order valence-electron chi connectivity index (χ2n) is 4.32. The third-order valence-corrected chi connectivity index (χ3v) is 2.41. The summed E-state index contributed by atoms with van der Waals surface area (Å²) in [5.41, 5.74) is 5.77. The van der Waals surface area contributed by atoms with E-state index < -0.39 is 0 Å². The van der Waals surface area contributed by atoms with Crippen LogP contribution in [0.1, 0.15) is 26.7 Å². The lowest BCUT2D eigenvalue weighted by Gasteiger charge is -2.15. The molecule has 0 spiro atoms. The molecule has 0 aromatic carbocycles. The number of nitrogens with two attached hydrogens (primary N) is 1. The Morgan fingerprint density at radius 2 is 2.36 bits per heavy atom. The zero-order valence-corrected chi connectivity index (χ0v) is 9.12. The normalized spacial score (nSPS) is 23.0. The second-order valence-corrected chi connectivity index (χ2v) is 4.32. The fraction of sp³-hybridized carbons (Fsp3) is 0.900. The molecule has 1 heterocycles. The molecule has 0 radical (unpaired) electrons. The van der Waals surface area contributed by atoms with Crippen LogP contribution in [0.15, 0.2) is 0 Å². The Labute approximate surface area is 85.8 Å². The van der Waals surface area contributed by atoms with Crippen LogP contribution >= 0.6 is 0 Å². The van der Waals surface area contributed by atoms with Crippen LogP contribution in [-0.2, 0) is 4.79 Å². The minimum atomic E-state index is 0.139. The van der Waals surface area contributed by atoms with E-state index in [1.807, 2.05) is 13.8 Å². The molecule has 1 rings (SSSR count). The van der Waals surface area contributed by atoms with E-state index in [0.29, 0.717) is 12.5 Å². The van der Waals surface area contributed by atoms with Gasteiger partial charge in [0.2, 0.25) is 5.91 Å². The molecule has 0 aliphatic carbocycles. The highest BCUT2D eigenvalue weighted by Gasteiger charge is 2.19. The van der Waals surface area contributed by atoms with E-state index >= 15 is 0 Å². The van der Waals surface area contributed by atoms with Crippen LogP contribution in [0.5, 0.6) is 0 Å². The van der Waals surface area contributed by atoms with Crippen molar-refractivity contribution in [1.29, 1.82) is 0 Å². The highest BCUT2D eigenvalue weighted by atomic mass is 16.1. The van der Waals surface area contributed by atoms with Crippen molar-refractivity contribution < 1.29 is 4.79 Å². The predicted octanol–water partition coefficient (Wildman–Crippen LogP) is -0.0659. The Kier molecular flexibility index (Phi) is 4.35. The number of likely N-dealkylation sites (tertiary alicyclic amines) is 1. The second kappa shape index (κ2) is 5.32. The molecule has 1 saturated heterocycles. The van der Waals surface area contributed by atoms with Gasteiger partial charge in [0.05, 0.1) is 0 Å². The van der Waals surface area contributed by atoms with Gasteiger partial charge in [-0.05, 0) is 26.8 Å². The summed E-state index contributed by atoms with van der Waals surface area (Å²) in [5, 5.41) is 2.88. The van der Waals surface area contributed by atoms with Gasteiger partial charge in [-0.15, -0.1) is 0 Å². The first-order chi connectivity index (χ1) is 6.58. The largest absolute Gasteiger partial charge is 0.354 e. The summed E-state index contributed by atoms with van der Waals surface area (Å²) < 4.78 is 0. The quantitative estimate of drug-likeness (QED) is 0.666. The predicted molar refractivity (Wildman–Crippen MR) is 56.9 cm³/mol. The van der Waals surface area contributed by atoms with Crippen molar-refractivity contribution in [3.05, 3.63) is 0 Å². The molecule has 3 N–H and O–H groups in total. The number of nitrogens with one attached hydrogen (secondary N) is 1. The lowest BCUT2D eigenvalue weighted by atomic mass is 10.3. The number of nitrogens with zero attached hydrogens (tertiary/aromatic N) is 1. The van der Waals surface area contributed by atoms with Gasteiger partial charge in [0.1, 0.15) is 0 Å². The monoisotopic (exact) mass is 199 g/mol. The molecular weight excluding hydrogens is 178 g/mol. The van der Waals surface area contributed by atoms with Crippen LogP contribution in [0.25, 0.3) is 0 Å². The van der Waals surface area contributed by atoms with E-state index in [9.17, 15) is 4.79 Å². The van der Waals surface area contributed by atoms with E-state index in [2.05, 4.69) is 10.2 Å². The fourth-order valence-corrected chi connectivity index (χ4v) is 1.72. The fourth-order valence-electron chi connectivity index (χ4n) is 1.72. The molecule has 1 aliphatic rings. The standard InChI is InChI=1S/C10H21N3O/c1-8(2)12-10(14)4-6-13-5-3-9(11)7-13/h8-9H,3-7,11H2,1-2H3,(H,12,14)/t9-/m0/s1. The lowest BCUT2D eigenvalue weighted by molar-refractivity contribution is -0.121. The SMILES string of the molecule is CC(C)NC(=O)CCN1CC[C@H](N)C1. The molecule has 1 fully saturated rings. The maximum atomic E-state index is 11.3. The number of hydrogen-bond acceptors (Lipinski definition) is 3. The molecule has 0 saturated carbocycles. The molecule has 4 heteroatoms. The molecule has 4 nitrogen and oxygen atoms in total. The Bertz CT molecular complexity index is 194. The highest BCUT2D eigenvalue weighted by Crippen LogP contribution is 2.06. The van der Waals surface area contributed by atoms with Crippen molar-refractivity contribution in [1.82, 2.24) is 10.2 Å². The van der Waals surface area contributed by atoms with E-state index in [1.54, 1.807) is 0 Å². The van der Waals surface area contributed by atoms with Gasteiger partial charge in [-0.25, -0.2) is 0 Å². The zero-order chi connectivity index (χ0) is 10.6. The van der Waals surface area contributed by atoms with Gasteiger partial charge in [0.25, 0.3) is 0 Å². The maximum absolute atomic E-state index is 11.3. The Morgan fingerprint density at radius 3 is 2.86 bits per heavy atom. The van der Waals surface area contributed by atoms with Gasteiger partial charge in [0, 0.05) is 31.6 Å². The Morgan fingerprint density at radius 1 is 1.64 bits per heavy atom. The summed E-state index contributed by atoms with van der Waals surface area (Å²) in [6, 6.07) is 0.548. The van der Waals surface area contributed by atoms with Crippen LogP contribution in [0.4, 0.5) is 0 Å². The summed E-state index contributed by atoms with van der Waals surface area (Å²) in [7, 11) is 0. The lowest BCUT2D eigenvalue weighted by Crippen LogP contribution is -2.34. The van der Waals surface area contributed by atoms with Gasteiger partial charge in [-0.1, -0.05) is 0 Å². The third-order valence-electron chi connectivity index (χ3n) is 2.41. The van der Waals surface area contributed by atoms with Crippen LogP contribution in [-0.4, -0.2) is 42.5 Å². The number of carbonyl (C=O) groups is 1. The van der Waals surface area contributed by atoms with Crippen LogP contribution in [0, 0.1) is 0 Å². The first-order valence-electron chi connectivity index (χ1n) is 5.35. The Balaban J connectivity index is 2.11. The molecule has 0 aromatic heterocycles. The van der Waals surface area contributed by atoms with E-state index in [4.69, 9.17) is 5.73 Å². The van der Waals surface area contributed by atoms with Gasteiger partial charge in [0.15, 0.2) is 0 Å². The topological polar surface area (TPSA) is 58.4 Å². The molecule has 82 valence electrons. The van der Waals surface area contributed by atoms with E-state index in [-0.39, 0.29) is 11.9 Å². The van der Waals surface area contributed by atoms with Crippen molar-refractivity contribution >= 4 is 5.91 Å². The summed E-state index contributed by atoms with van der Waals surface area (Å²) in [6.45, 7) is 6.77. The number of hydrogen-bond donors (Lipinski definition) is 2. The average molecular weight is 199 g/mol. The molecule has 14 heavy (non-hydrogen) atoms. The molecule has 1 amide bonds. The van der Waals surface area contributed by atoms with E-state index in [0.717, 1.165) is 26.1 Å². The number of amides is 1. The maximum Gasteiger partial charge on any atom is 0.221 e. The minimum Gasteiger partial charge on any atom is -0.354 e. The van der Waals surface area contributed by atoms with Crippen molar-refractivity contribution in [2.75, 3.05) is 19.6 Å². The smallest absolute Gasteiger partial charge is 0.221 e. The summed E-state index contributed by atoms with van der Waals surface area (Å²) in [5.74, 6) is 0.139. The van der Waals surface area contributed by atoms with Crippen LogP contribution in [0.2, 0.25) is 0 Å².